The normalized spacial score (nSPS) is 12.7. The van der Waals surface area contributed by atoms with Gasteiger partial charge in [-0.2, -0.15) is 0 Å². The molecular formula is C59H40N2. The highest BCUT2D eigenvalue weighted by molar-refractivity contribution is 6.20. The Bertz CT molecular complexity index is 3360. The molecule has 2 heteroatoms. The minimum atomic E-state index is -0.532. The van der Waals surface area contributed by atoms with Gasteiger partial charge >= 0.3 is 0 Å². The van der Waals surface area contributed by atoms with Crippen LogP contribution < -0.4 is 4.90 Å². The third-order valence-electron chi connectivity index (χ3n) is 12.8. The Morgan fingerprint density at radius 2 is 0.934 bits per heavy atom. The van der Waals surface area contributed by atoms with Gasteiger partial charge in [0.1, 0.15) is 0 Å². The average molecular weight is 777 g/mol. The van der Waals surface area contributed by atoms with Crippen molar-refractivity contribution in [3.8, 4) is 27.9 Å². The number of fused-ring (bicyclic) bond motifs is 7. The van der Waals surface area contributed by atoms with Crippen LogP contribution in [0.3, 0.4) is 0 Å². The number of benzene rings is 10. The van der Waals surface area contributed by atoms with Gasteiger partial charge in [0.15, 0.2) is 0 Å². The molecular weight excluding hydrogens is 737 g/mol. The molecule has 1 aromatic heterocycles. The SMILES string of the molecule is c1ccc(-c2ccc(N(c3ccc4c(c3)C(c3ccccc3)(c3ccccc3)c3ccccc3-4)c3ccc4ccccc4c3)c3c4ccccc4n(-c4ccccc4)c23)cc1. The first-order chi connectivity index (χ1) is 30.3. The third-order valence-corrected chi connectivity index (χ3v) is 12.8. The minimum absolute atomic E-state index is 0.532. The van der Waals surface area contributed by atoms with Crippen molar-refractivity contribution in [2.75, 3.05) is 4.90 Å². The summed E-state index contributed by atoms with van der Waals surface area (Å²) in [7, 11) is 0. The minimum Gasteiger partial charge on any atom is -0.310 e. The molecule has 0 fully saturated rings. The van der Waals surface area contributed by atoms with Gasteiger partial charge < -0.3 is 9.47 Å². The summed E-state index contributed by atoms with van der Waals surface area (Å²) in [5.74, 6) is 0. The molecule has 10 aromatic carbocycles. The Labute approximate surface area is 355 Å². The first-order valence-corrected chi connectivity index (χ1v) is 21.1. The molecule has 0 N–H and O–H groups in total. The monoisotopic (exact) mass is 776 g/mol. The molecule has 0 amide bonds. The van der Waals surface area contributed by atoms with Gasteiger partial charge in [-0.15, -0.1) is 0 Å². The van der Waals surface area contributed by atoms with Crippen molar-refractivity contribution in [2.45, 2.75) is 5.41 Å². The van der Waals surface area contributed by atoms with E-state index in [0.717, 1.165) is 22.7 Å². The van der Waals surface area contributed by atoms with E-state index in [0.29, 0.717) is 0 Å². The quantitative estimate of drug-likeness (QED) is 0.156. The lowest BCUT2D eigenvalue weighted by molar-refractivity contribution is 0.768. The van der Waals surface area contributed by atoms with Crippen LogP contribution in [0.5, 0.6) is 0 Å². The molecule has 12 rings (SSSR count). The van der Waals surface area contributed by atoms with Crippen LogP contribution in [0, 0.1) is 0 Å². The van der Waals surface area contributed by atoms with Crippen molar-refractivity contribution in [2.24, 2.45) is 0 Å². The van der Waals surface area contributed by atoms with Crippen molar-refractivity contribution in [3.63, 3.8) is 0 Å². The van der Waals surface area contributed by atoms with Crippen molar-refractivity contribution in [1.82, 2.24) is 4.57 Å². The summed E-state index contributed by atoms with van der Waals surface area (Å²) in [5, 5.41) is 4.82. The van der Waals surface area contributed by atoms with Crippen molar-refractivity contribution in [1.29, 1.82) is 0 Å². The second-order valence-corrected chi connectivity index (χ2v) is 16.0. The van der Waals surface area contributed by atoms with Gasteiger partial charge in [-0.25, -0.2) is 0 Å². The second kappa shape index (κ2) is 14.1. The molecule has 0 saturated carbocycles. The van der Waals surface area contributed by atoms with Crippen LogP contribution in [0.1, 0.15) is 22.3 Å². The van der Waals surface area contributed by atoms with Crippen LogP contribution in [0.4, 0.5) is 17.1 Å². The molecule has 0 saturated heterocycles. The molecule has 0 aliphatic heterocycles. The van der Waals surface area contributed by atoms with Crippen LogP contribution in [0.15, 0.2) is 243 Å². The van der Waals surface area contributed by atoms with E-state index in [1.54, 1.807) is 0 Å². The van der Waals surface area contributed by atoms with Gasteiger partial charge in [0, 0.05) is 33.4 Å². The Balaban J connectivity index is 1.21. The Hall–Kier alpha value is -7.94. The van der Waals surface area contributed by atoms with Crippen molar-refractivity contribution < 1.29 is 0 Å². The summed E-state index contributed by atoms with van der Waals surface area (Å²) in [6, 6.07) is 89.2. The zero-order valence-electron chi connectivity index (χ0n) is 33.5. The van der Waals surface area contributed by atoms with Crippen LogP contribution in [-0.2, 0) is 5.41 Å². The zero-order valence-corrected chi connectivity index (χ0v) is 33.5. The topological polar surface area (TPSA) is 8.17 Å². The summed E-state index contributed by atoms with van der Waals surface area (Å²) in [6.45, 7) is 0. The number of nitrogens with zero attached hydrogens (tertiary/aromatic N) is 2. The molecule has 0 bridgehead atoms. The Morgan fingerprint density at radius 3 is 1.69 bits per heavy atom. The van der Waals surface area contributed by atoms with E-state index in [1.807, 2.05) is 0 Å². The predicted molar refractivity (Wildman–Crippen MR) is 256 cm³/mol. The lowest BCUT2D eigenvalue weighted by Gasteiger charge is -2.35. The molecule has 1 heterocycles. The molecule has 286 valence electrons. The predicted octanol–water partition coefficient (Wildman–Crippen LogP) is 15.4. The molecule has 0 unspecified atom stereocenters. The smallest absolute Gasteiger partial charge is 0.0714 e. The van der Waals surface area contributed by atoms with Crippen LogP contribution in [0.2, 0.25) is 0 Å². The summed E-state index contributed by atoms with van der Waals surface area (Å²) in [6.07, 6.45) is 0. The first-order valence-electron chi connectivity index (χ1n) is 21.1. The number of anilines is 3. The fourth-order valence-corrected chi connectivity index (χ4v) is 10.3. The van der Waals surface area contributed by atoms with Gasteiger partial charge in [-0.3, -0.25) is 0 Å². The lowest BCUT2D eigenvalue weighted by atomic mass is 9.67. The van der Waals surface area contributed by atoms with Gasteiger partial charge in [0.25, 0.3) is 0 Å². The molecule has 1 aliphatic carbocycles. The Kier molecular flexibility index (Phi) is 8.11. The lowest BCUT2D eigenvalue weighted by Crippen LogP contribution is -2.28. The number of rotatable bonds is 7. The second-order valence-electron chi connectivity index (χ2n) is 16.0. The highest BCUT2D eigenvalue weighted by Gasteiger charge is 2.46. The highest BCUT2D eigenvalue weighted by atomic mass is 15.1. The van der Waals surface area contributed by atoms with E-state index in [2.05, 4.69) is 252 Å². The molecule has 2 nitrogen and oxygen atoms in total. The first kappa shape index (κ1) is 35.0. The molecule has 1 aliphatic rings. The largest absolute Gasteiger partial charge is 0.310 e. The number of para-hydroxylation sites is 2. The summed E-state index contributed by atoms with van der Waals surface area (Å²) in [5.41, 5.74) is 16.3. The van der Waals surface area contributed by atoms with Gasteiger partial charge in [0.2, 0.25) is 0 Å². The van der Waals surface area contributed by atoms with E-state index in [4.69, 9.17) is 0 Å². The van der Waals surface area contributed by atoms with E-state index in [1.165, 1.54) is 77.1 Å². The highest BCUT2D eigenvalue weighted by Crippen LogP contribution is 2.58. The maximum absolute atomic E-state index is 2.51. The van der Waals surface area contributed by atoms with Gasteiger partial charge in [0.05, 0.1) is 22.1 Å². The number of hydrogen-bond acceptors (Lipinski definition) is 1. The van der Waals surface area contributed by atoms with E-state index >= 15 is 0 Å². The molecule has 0 radical (unpaired) electrons. The number of hydrogen-bond donors (Lipinski definition) is 0. The van der Waals surface area contributed by atoms with E-state index < -0.39 is 5.41 Å². The maximum atomic E-state index is 2.51. The van der Waals surface area contributed by atoms with Crippen LogP contribution >= 0.6 is 0 Å². The van der Waals surface area contributed by atoms with Gasteiger partial charge in [-0.1, -0.05) is 194 Å². The van der Waals surface area contributed by atoms with Crippen LogP contribution in [0.25, 0.3) is 60.5 Å². The molecule has 0 atom stereocenters. The fraction of sp³-hybridized carbons (Fsp3) is 0.0169. The van der Waals surface area contributed by atoms with Gasteiger partial charge in [-0.05, 0) is 98.2 Å². The molecule has 61 heavy (non-hydrogen) atoms. The van der Waals surface area contributed by atoms with E-state index in [-0.39, 0.29) is 0 Å². The van der Waals surface area contributed by atoms with Crippen LogP contribution in [-0.4, -0.2) is 4.57 Å². The maximum Gasteiger partial charge on any atom is 0.0714 e. The van der Waals surface area contributed by atoms with E-state index in [9.17, 15) is 0 Å². The van der Waals surface area contributed by atoms with Crippen molar-refractivity contribution >= 4 is 49.6 Å². The zero-order chi connectivity index (χ0) is 40.3. The summed E-state index contributed by atoms with van der Waals surface area (Å²) < 4.78 is 2.46. The summed E-state index contributed by atoms with van der Waals surface area (Å²) in [4.78, 5) is 2.51. The number of aromatic nitrogens is 1. The summed E-state index contributed by atoms with van der Waals surface area (Å²) >= 11 is 0. The third kappa shape index (κ3) is 5.36. The Morgan fingerprint density at radius 1 is 0.377 bits per heavy atom. The van der Waals surface area contributed by atoms with Crippen molar-refractivity contribution in [3.05, 3.63) is 265 Å². The average Bonchev–Trinajstić information content (AvgIpc) is 3.84. The fourth-order valence-electron chi connectivity index (χ4n) is 10.3. The molecule has 11 aromatic rings. The molecule has 0 spiro atoms. The standard InChI is InChI=1S/C59H40N2/c1-5-20-42(21-6-1)49-37-38-56(57-52-30-16-18-32-55(52)61(58(49)57)46-27-11-4-12-28-46)60(47-34-33-41-19-13-14-22-43(41)39-47)48-35-36-51-50-29-15-17-31-53(50)59(54(51)40-48,44-23-7-2-8-24-44)45-25-9-3-10-26-45/h1-40H.